The second-order valence-electron chi connectivity index (χ2n) is 4.67. The van der Waals surface area contributed by atoms with E-state index in [1.54, 1.807) is 44.4 Å². The minimum Gasteiger partial charge on any atom is -0.391 e. The first-order valence-corrected chi connectivity index (χ1v) is 6.15. The van der Waals surface area contributed by atoms with Crippen LogP contribution in [-0.4, -0.2) is 26.4 Å². The molecule has 5 nitrogen and oxygen atoms in total. The fraction of sp³-hybridized carbons (Fsp3) is 0.231. The molecule has 0 atom stereocenters. The summed E-state index contributed by atoms with van der Waals surface area (Å²) < 4.78 is 0. The number of hydrogen-bond acceptors (Lipinski definition) is 4. The Morgan fingerprint density at radius 3 is 2.68 bits per heavy atom. The lowest BCUT2D eigenvalue weighted by Crippen LogP contribution is -2.52. The van der Waals surface area contributed by atoms with Gasteiger partial charge in [0.15, 0.2) is 0 Å². The standard InChI is InChI=1S/C13H14N4OS/c1-13(2,12(14)19)17-11(18)8-4-3-5-9-10(8)16-7-6-15-9/h3-7H,1-2H3,(H2,14,19)(H,17,18). The van der Waals surface area contributed by atoms with Gasteiger partial charge in [-0.3, -0.25) is 14.8 Å². The molecule has 3 N–H and O–H groups in total. The highest BCUT2D eigenvalue weighted by molar-refractivity contribution is 7.80. The van der Waals surface area contributed by atoms with Crippen LogP contribution in [0, 0.1) is 0 Å². The van der Waals surface area contributed by atoms with Crippen molar-refractivity contribution in [2.45, 2.75) is 19.4 Å². The van der Waals surface area contributed by atoms with E-state index in [2.05, 4.69) is 15.3 Å². The molecule has 19 heavy (non-hydrogen) atoms. The third kappa shape index (κ3) is 2.68. The van der Waals surface area contributed by atoms with E-state index in [4.69, 9.17) is 18.0 Å². The number of carbonyl (C=O) groups excluding carboxylic acids is 1. The highest BCUT2D eigenvalue weighted by Crippen LogP contribution is 2.15. The van der Waals surface area contributed by atoms with Gasteiger partial charge in [0.2, 0.25) is 0 Å². The van der Waals surface area contributed by atoms with Gasteiger partial charge in [0, 0.05) is 12.4 Å². The van der Waals surface area contributed by atoms with E-state index >= 15 is 0 Å². The molecule has 0 aliphatic rings. The first-order valence-electron chi connectivity index (χ1n) is 5.74. The molecular weight excluding hydrogens is 260 g/mol. The van der Waals surface area contributed by atoms with Crippen molar-refractivity contribution in [2.24, 2.45) is 5.73 Å². The van der Waals surface area contributed by atoms with Crippen molar-refractivity contribution in [1.29, 1.82) is 0 Å². The zero-order chi connectivity index (χ0) is 14.0. The van der Waals surface area contributed by atoms with Crippen LogP contribution in [0.2, 0.25) is 0 Å². The van der Waals surface area contributed by atoms with Crippen LogP contribution in [0.3, 0.4) is 0 Å². The van der Waals surface area contributed by atoms with Crippen molar-refractivity contribution in [3.8, 4) is 0 Å². The number of nitrogens with one attached hydrogen (secondary N) is 1. The smallest absolute Gasteiger partial charge is 0.254 e. The summed E-state index contributed by atoms with van der Waals surface area (Å²) in [6, 6.07) is 5.26. The van der Waals surface area contributed by atoms with Gasteiger partial charge in [0.1, 0.15) is 5.52 Å². The third-order valence-electron chi connectivity index (χ3n) is 2.79. The molecular formula is C13H14N4OS. The zero-order valence-electron chi connectivity index (χ0n) is 10.7. The van der Waals surface area contributed by atoms with Gasteiger partial charge in [-0.25, -0.2) is 0 Å². The van der Waals surface area contributed by atoms with Gasteiger partial charge in [-0.2, -0.15) is 0 Å². The van der Waals surface area contributed by atoms with Gasteiger partial charge >= 0.3 is 0 Å². The molecule has 0 aliphatic heterocycles. The van der Waals surface area contributed by atoms with Crippen LogP contribution in [0.15, 0.2) is 30.6 Å². The van der Waals surface area contributed by atoms with Crippen LogP contribution in [0.5, 0.6) is 0 Å². The summed E-state index contributed by atoms with van der Waals surface area (Å²) in [7, 11) is 0. The maximum Gasteiger partial charge on any atom is 0.254 e. The summed E-state index contributed by atoms with van der Waals surface area (Å²) in [6.07, 6.45) is 3.14. The quantitative estimate of drug-likeness (QED) is 0.827. The van der Waals surface area contributed by atoms with Crippen molar-refractivity contribution in [3.05, 3.63) is 36.2 Å². The molecule has 1 heterocycles. The largest absolute Gasteiger partial charge is 0.391 e. The van der Waals surface area contributed by atoms with Crippen molar-refractivity contribution >= 4 is 34.1 Å². The Balaban J connectivity index is 2.40. The summed E-state index contributed by atoms with van der Waals surface area (Å²) in [6.45, 7) is 3.51. The molecule has 1 aromatic heterocycles. The van der Waals surface area contributed by atoms with Crippen molar-refractivity contribution in [3.63, 3.8) is 0 Å². The molecule has 2 rings (SSSR count). The first-order chi connectivity index (χ1) is 8.92. The fourth-order valence-corrected chi connectivity index (χ4v) is 1.64. The number of hydrogen-bond donors (Lipinski definition) is 2. The number of carbonyl (C=O) groups is 1. The lowest BCUT2D eigenvalue weighted by atomic mass is 10.0. The average molecular weight is 274 g/mol. The second kappa shape index (κ2) is 4.89. The summed E-state index contributed by atoms with van der Waals surface area (Å²) in [5, 5.41) is 2.79. The maximum absolute atomic E-state index is 12.3. The van der Waals surface area contributed by atoms with Gasteiger partial charge in [0.05, 0.1) is 21.6 Å². The molecule has 6 heteroatoms. The molecule has 0 aliphatic carbocycles. The van der Waals surface area contributed by atoms with E-state index in [0.29, 0.717) is 16.6 Å². The predicted molar refractivity (Wildman–Crippen MR) is 77.9 cm³/mol. The number of thiocarbonyl (C=S) groups is 1. The van der Waals surface area contributed by atoms with Crippen LogP contribution in [0.1, 0.15) is 24.2 Å². The Bertz CT molecular complexity index is 649. The Labute approximate surface area is 116 Å². The highest BCUT2D eigenvalue weighted by atomic mass is 32.1. The first kappa shape index (κ1) is 13.4. The van der Waals surface area contributed by atoms with E-state index < -0.39 is 5.54 Å². The Kier molecular flexibility index (Phi) is 3.44. The SMILES string of the molecule is CC(C)(NC(=O)c1cccc2nccnc12)C(N)=S. The second-order valence-corrected chi connectivity index (χ2v) is 5.11. The molecule has 0 radical (unpaired) electrons. The van der Waals surface area contributed by atoms with Crippen LogP contribution in [0.25, 0.3) is 11.0 Å². The van der Waals surface area contributed by atoms with E-state index in [1.165, 1.54) is 0 Å². The Morgan fingerprint density at radius 1 is 1.32 bits per heavy atom. The number of rotatable bonds is 3. The van der Waals surface area contributed by atoms with Crippen molar-refractivity contribution in [1.82, 2.24) is 15.3 Å². The van der Waals surface area contributed by atoms with Gasteiger partial charge in [0.25, 0.3) is 5.91 Å². The maximum atomic E-state index is 12.3. The van der Waals surface area contributed by atoms with Crippen molar-refractivity contribution in [2.75, 3.05) is 0 Å². The lowest BCUT2D eigenvalue weighted by molar-refractivity contribution is 0.0933. The third-order valence-corrected chi connectivity index (χ3v) is 3.30. The molecule has 98 valence electrons. The lowest BCUT2D eigenvalue weighted by Gasteiger charge is -2.24. The number of fused-ring (bicyclic) bond motifs is 1. The van der Waals surface area contributed by atoms with Crippen LogP contribution in [0.4, 0.5) is 0 Å². The topological polar surface area (TPSA) is 80.9 Å². The number of nitrogens with zero attached hydrogens (tertiary/aromatic N) is 2. The zero-order valence-corrected chi connectivity index (χ0v) is 11.5. The van der Waals surface area contributed by atoms with Crippen LogP contribution >= 0.6 is 12.2 Å². The summed E-state index contributed by atoms with van der Waals surface area (Å²) >= 11 is 4.93. The average Bonchev–Trinajstić information content (AvgIpc) is 2.37. The van der Waals surface area contributed by atoms with E-state index in [9.17, 15) is 4.79 Å². The summed E-state index contributed by atoms with van der Waals surface area (Å²) in [5.74, 6) is -0.274. The van der Waals surface area contributed by atoms with Crippen molar-refractivity contribution < 1.29 is 4.79 Å². The number of para-hydroxylation sites is 1. The number of nitrogens with two attached hydrogens (primary N) is 1. The minimum absolute atomic E-state index is 0.229. The van der Waals surface area contributed by atoms with E-state index in [1.807, 2.05) is 0 Å². The summed E-state index contributed by atoms with van der Waals surface area (Å²) in [5.41, 5.74) is 6.52. The molecule has 2 aromatic rings. The monoisotopic (exact) mass is 274 g/mol. The van der Waals surface area contributed by atoms with Gasteiger partial charge < -0.3 is 11.1 Å². The van der Waals surface area contributed by atoms with Crippen LogP contribution in [-0.2, 0) is 0 Å². The number of benzene rings is 1. The fourth-order valence-electron chi connectivity index (χ4n) is 1.59. The Morgan fingerprint density at radius 2 is 2.00 bits per heavy atom. The molecule has 1 amide bonds. The highest BCUT2D eigenvalue weighted by Gasteiger charge is 2.25. The van der Waals surface area contributed by atoms with Gasteiger partial charge in [-0.15, -0.1) is 0 Å². The van der Waals surface area contributed by atoms with Gasteiger partial charge in [-0.05, 0) is 26.0 Å². The molecule has 0 fully saturated rings. The normalized spacial score (nSPS) is 11.3. The molecule has 0 saturated carbocycles. The molecule has 0 spiro atoms. The molecule has 0 saturated heterocycles. The summed E-state index contributed by atoms with van der Waals surface area (Å²) in [4.78, 5) is 20.9. The predicted octanol–water partition coefficient (Wildman–Crippen LogP) is 1.42. The van der Waals surface area contributed by atoms with Gasteiger partial charge in [-0.1, -0.05) is 18.3 Å². The van der Waals surface area contributed by atoms with Crippen LogP contribution < -0.4 is 11.1 Å². The number of aromatic nitrogens is 2. The molecule has 1 aromatic carbocycles. The number of amides is 1. The minimum atomic E-state index is -0.753. The molecule has 0 bridgehead atoms. The van der Waals surface area contributed by atoms with E-state index in [0.717, 1.165) is 0 Å². The Hall–Kier alpha value is -2.08. The molecule has 0 unspecified atom stereocenters. The van der Waals surface area contributed by atoms with E-state index in [-0.39, 0.29) is 10.9 Å².